The summed E-state index contributed by atoms with van der Waals surface area (Å²) in [4.78, 5) is 34.6. The van der Waals surface area contributed by atoms with Crippen molar-refractivity contribution in [2.45, 2.75) is 39.2 Å². The summed E-state index contributed by atoms with van der Waals surface area (Å²) in [7, 11) is 1.59. The number of H-pyrrole nitrogens is 2. The summed E-state index contributed by atoms with van der Waals surface area (Å²) in [5.74, 6) is -1.86. The van der Waals surface area contributed by atoms with E-state index in [1.165, 1.54) is 14.0 Å². The predicted molar refractivity (Wildman–Crippen MR) is 183 cm³/mol. The lowest BCUT2D eigenvalue weighted by Crippen LogP contribution is -3.08. The van der Waals surface area contributed by atoms with Crippen LogP contribution in [0.5, 0.6) is 17.5 Å². The number of hydrogen-bond donors (Lipinski definition) is 4. The molecule has 1 atom stereocenters. The standard InChI is InChI=1S/C35H35N5O5S2/c1-20-10-4-6-12-24(20)39-32(43)28(30(41)36-34(39)46)27(22-14-15-26(45-3)23(18-22)19-38-16-8-9-17-38)29-31(42)37-35(47)40(33(29)44)25-13-7-5-11-21(25)2/h4-7,10-15,18,27,43-44H,8-9,16-17,19H2,1-3H3,(H,36,41,46)(H,37,42,47). The van der Waals surface area contributed by atoms with Gasteiger partial charge in [0.2, 0.25) is 5.88 Å². The molecular weight excluding hydrogens is 635 g/mol. The van der Waals surface area contributed by atoms with E-state index in [0.29, 0.717) is 29.2 Å². The molecule has 0 bridgehead atoms. The van der Waals surface area contributed by atoms with Crippen molar-refractivity contribution in [1.82, 2.24) is 19.1 Å². The second-order valence-corrected chi connectivity index (χ2v) is 12.6. The molecule has 47 heavy (non-hydrogen) atoms. The molecule has 1 saturated heterocycles. The zero-order valence-corrected chi connectivity index (χ0v) is 27.9. The molecule has 12 heteroatoms. The average molecular weight is 670 g/mol. The number of nitrogens with zero attached hydrogens (tertiary/aromatic N) is 2. The van der Waals surface area contributed by atoms with Crippen LogP contribution in [0, 0.1) is 23.4 Å². The van der Waals surface area contributed by atoms with E-state index in [2.05, 4.69) is 9.97 Å². The number of methoxy groups -OCH3 is 1. The van der Waals surface area contributed by atoms with Crippen LogP contribution in [-0.4, -0.2) is 44.4 Å². The summed E-state index contributed by atoms with van der Waals surface area (Å²) in [6.45, 7) is 6.35. The van der Waals surface area contributed by atoms with Crippen molar-refractivity contribution in [3.05, 3.63) is 130 Å². The first-order valence-electron chi connectivity index (χ1n) is 15.4. The Morgan fingerprint density at radius 1 is 0.872 bits per heavy atom. The van der Waals surface area contributed by atoms with Crippen LogP contribution in [0.4, 0.5) is 0 Å². The normalized spacial score (nSPS) is 13.9. The van der Waals surface area contributed by atoms with Gasteiger partial charge in [-0.1, -0.05) is 42.5 Å². The third kappa shape index (κ3) is 5.95. The van der Waals surface area contributed by atoms with Gasteiger partial charge >= 0.3 is 0 Å². The van der Waals surface area contributed by atoms with Gasteiger partial charge in [-0.2, -0.15) is 0 Å². The van der Waals surface area contributed by atoms with Crippen LogP contribution in [-0.2, 0) is 6.54 Å². The maximum absolute atomic E-state index is 14.6. The molecule has 0 spiro atoms. The average Bonchev–Trinajstić information content (AvgIpc) is 3.55. The summed E-state index contributed by atoms with van der Waals surface area (Å²) in [5, 5.41) is 26.6. The molecule has 1 unspecified atom stereocenters. The number of rotatable bonds is 8. The smallest absolute Gasteiger partial charge is 0.259 e. The number of para-hydroxylation sites is 2. The van der Waals surface area contributed by atoms with Crippen molar-refractivity contribution in [3.63, 3.8) is 0 Å². The summed E-state index contributed by atoms with van der Waals surface area (Å²) in [5.41, 5.74) is 1.88. The lowest BCUT2D eigenvalue weighted by atomic mass is 9.85. The van der Waals surface area contributed by atoms with Crippen LogP contribution in [0.25, 0.3) is 11.4 Å². The molecule has 3 heterocycles. The molecule has 0 amide bonds. The number of quaternary nitrogens is 1. The highest BCUT2D eigenvalue weighted by Gasteiger charge is 2.31. The zero-order valence-electron chi connectivity index (χ0n) is 26.3. The highest BCUT2D eigenvalue weighted by atomic mass is 32.1. The van der Waals surface area contributed by atoms with E-state index in [9.17, 15) is 19.8 Å². The van der Waals surface area contributed by atoms with E-state index in [4.69, 9.17) is 29.2 Å². The minimum absolute atomic E-state index is 0.0375. The molecule has 1 aliphatic rings. The molecule has 1 aliphatic heterocycles. The van der Waals surface area contributed by atoms with Crippen LogP contribution < -0.4 is 25.9 Å². The maximum Gasteiger partial charge on any atom is 0.259 e. The number of benzene rings is 3. The van der Waals surface area contributed by atoms with E-state index in [1.54, 1.807) is 43.5 Å². The number of likely N-dealkylation sites (tertiary alicyclic amines) is 1. The van der Waals surface area contributed by atoms with E-state index >= 15 is 0 Å². The number of aromatic amines is 2. The number of nitrogens with one attached hydrogen (secondary N) is 3. The lowest BCUT2D eigenvalue weighted by Gasteiger charge is -2.28. The Kier molecular flexibility index (Phi) is 9.00. The highest BCUT2D eigenvalue weighted by molar-refractivity contribution is 7.71. The Morgan fingerprint density at radius 2 is 1.43 bits per heavy atom. The van der Waals surface area contributed by atoms with Gasteiger partial charge in [-0.3, -0.25) is 24.1 Å². The van der Waals surface area contributed by atoms with Crippen LogP contribution in [0.15, 0.2) is 76.3 Å². The number of aryl methyl sites for hydroxylation is 2. The van der Waals surface area contributed by atoms with Crippen molar-refractivity contribution in [3.8, 4) is 28.9 Å². The number of hydrogen-bond acceptors (Lipinski definition) is 7. The SMILES string of the molecule is COc1ccc(C(c2c([O-])n(-c3ccccc3C)c(=S)[nH]c2=O)c2c(O)n(-c3ccccc3C)c(=S)[nH]c2=O)cc1C[NH+]1CCCC1. The molecular formula is C35H35N5O5S2. The first-order chi connectivity index (χ1) is 22.6. The van der Waals surface area contributed by atoms with Gasteiger partial charge < -0.3 is 24.4 Å². The van der Waals surface area contributed by atoms with E-state index in [-0.39, 0.29) is 20.7 Å². The monoisotopic (exact) mass is 669 g/mol. The molecule has 0 aliphatic carbocycles. The van der Waals surface area contributed by atoms with Gasteiger partial charge in [0.05, 0.1) is 37.4 Å². The molecule has 10 nitrogen and oxygen atoms in total. The maximum atomic E-state index is 14.6. The molecule has 242 valence electrons. The molecule has 0 radical (unpaired) electrons. The van der Waals surface area contributed by atoms with Crippen molar-refractivity contribution in [2.75, 3.05) is 20.2 Å². The number of ether oxygens (including phenoxy) is 1. The fraction of sp³-hybridized carbons (Fsp3) is 0.257. The Morgan fingerprint density at radius 3 is 2.02 bits per heavy atom. The third-order valence-electron chi connectivity index (χ3n) is 8.90. The van der Waals surface area contributed by atoms with Crippen LogP contribution in [0.3, 0.4) is 0 Å². The van der Waals surface area contributed by atoms with Gasteiger partial charge in [0.15, 0.2) is 9.54 Å². The summed E-state index contributed by atoms with van der Waals surface area (Å²) in [6.07, 6.45) is 2.24. The molecule has 1 fully saturated rings. The van der Waals surface area contributed by atoms with Crippen LogP contribution >= 0.6 is 24.4 Å². The van der Waals surface area contributed by atoms with Gasteiger partial charge in [-0.05, 0) is 85.1 Å². The first kappa shape index (κ1) is 32.2. The molecule has 4 N–H and O–H groups in total. The molecule has 2 aromatic heterocycles. The van der Waals surface area contributed by atoms with E-state index < -0.39 is 28.8 Å². The Balaban J connectivity index is 1.70. The third-order valence-corrected chi connectivity index (χ3v) is 9.47. The van der Waals surface area contributed by atoms with Gasteiger partial charge in [-0.15, -0.1) is 0 Å². The summed E-state index contributed by atoms with van der Waals surface area (Å²) in [6, 6.07) is 19.7. The topological polar surface area (TPSA) is 133 Å². The van der Waals surface area contributed by atoms with E-state index in [0.717, 1.165) is 42.6 Å². The van der Waals surface area contributed by atoms with Crippen molar-refractivity contribution < 1.29 is 19.8 Å². The van der Waals surface area contributed by atoms with Gasteiger partial charge in [0.25, 0.3) is 11.1 Å². The first-order valence-corrected chi connectivity index (χ1v) is 16.2. The Hall–Kier alpha value is -4.78. The van der Waals surface area contributed by atoms with Gasteiger partial charge in [-0.25, -0.2) is 0 Å². The fourth-order valence-corrected chi connectivity index (χ4v) is 7.12. The van der Waals surface area contributed by atoms with Crippen molar-refractivity contribution in [1.29, 1.82) is 0 Å². The second-order valence-electron chi connectivity index (χ2n) is 11.9. The quantitative estimate of drug-likeness (QED) is 0.185. The minimum atomic E-state index is -1.31. The summed E-state index contributed by atoms with van der Waals surface area (Å²) < 4.78 is 8.20. The largest absolute Gasteiger partial charge is 0.859 e. The summed E-state index contributed by atoms with van der Waals surface area (Å²) >= 11 is 11.0. The van der Waals surface area contributed by atoms with E-state index in [1.807, 2.05) is 44.2 Å². The minimum Gasteiger partial charge on any atom is -0.859 e. The van der Waals surface area contributed by atoms with Crippen molar-refractivity contribution >= 4 is 24.4 Å². The van der Waals surface area contributed by atoms with Crippen LogP contribution in [0.1, 0.15) is 52.1 Å². The van der Waals surface area contributed by atoms with Gasteiger partial charge in [0, 0.05) is 29.7 Å². The highest BCUT2D eigenvalue weighted by Crippen LogP contribution is 2.39. The second kappa shape index (κ2) is 13.1. The lowest BCUT2D eigenvalue weighted by molar-refractivity contribution is -0.901. The molecule has 3 aromatic carbocycles. The fourth-order valence-electron chi connectivity index (χ4n) is 6.57. The predicted octanol–water partition coefficient (Wildman–Crippen LogP) is 3.87. The molecule has 6 rings (SSSR count). The van der Waals surface area contributed by atoms with Crippen LogP contribution in [0.2, 0.25) is 0 Å². The molecule has 0 saturated carbocycles. The molecule has 5 aromatic rings. The Labute approximate surface area is 281 Å². The Bertz CT molecular complexity index is 2110. The van der Waals surface area contributed by atoms with Crippen molar-refractivity contribution in [2.24, 2.45) is 0 Å². The number of aromatic nitrogens is 4. The zero-order chi connectivity index (χ0) is 33.4. The number of aromatic hydroxyl groups is 1. The van der Waals surface area contributed by atoms with Gasteiger partial charge in [0.1, 0.15) is 12.3 Å².